The van der Waals surface area contributed by atoms with Gasteiger partial charge in [-0.1, -0.05) is 0 Å². The molecule has 0 radical (unpaired) electrons. The van der Waals surface area contributed by atoms with Crippen LogP contribution in [0.3, 0.4) is 0 Å². The molecule has 2 heterocycles. The van der Waals surface area contributed by atoms with Crippen molar-refractivity contribution in [3.05, 3.63) is 39.9 Å². The van der Waals surface area contributed by atoms with Gasteiger partial charge in [0.25, 0.3) is 5.69 Å². The number of ether oxygens (including phenoxy) is 1. The smallest absolute Gasteiger partial charge is 0.330 e. The van der Waals surface area contributed by atoms with Gasteiger partial charge < -0.3 is 15.0 Å². The highest BCUT2D eigenvalue weighted by molar-refractivity contribution is 7.87. The van der Waals surface area contributed by atoms with E-state index >= 15 is 0 Å². The molecular weight excluding hydrogens is 390 g/mol. The molecule has 1 aromatic rings. The Morgan fingerprint density at radius 2 is 1.93 bits per heavy atom. The summed E-state index contributed by atoms with van der Waals surface area (Å²) in [6, 6.07) is 3.57. The third kappa shape index (κ3) is 3.15. The molecule has 0 spiro atoms. The van der Waals surface area contributed by atoms with Crippen LogP contribution in [0.25, 0.3) is 0 Å². The number of carbonyl (C=O) groups excluding carboxylic acids is 3. The fourth-order valence-electron chi connectivity index (χ4n) is 3.44. The first-order chi connectivity index (χ1) is 13.1. The zero-order valence-corrected chi connectivity index (χ0v) is 16.2. The van der Waals surface area contributed by atoms with Crippen molar-refractivity contribution in [1.82, 2.24) is 10.2 Å². The summed E-state index contributed by atoms with van der Waals surface area (Å²) >= 11 is 0. The molecule has 2 amide bonds. The second kappa shape index (κ2) is 6.97. The van der Waals surface area contributed by atoms with Crippen molar-refractivity contribution in [2.45, 2.75) is 49.6 Å². The van der Waals surface area contributed by atoms with Crippen LogP contribution in [0, 0.1) is 10.1 Å². The van der Waals surface area contributed by atoms with Crippen molar-refractivity contribution in [3.8, 4) is 0 Å². The van der Waals surface area contributed by atoms with E-state index in [-0.39, 0.29) is 12.3 Å². The maximum absolute atomic E-state index is 12.8. The van der Waals surface area contributed by atoms with Crippen LogP contribution in [-0.2, 0) is 36.5 Å². The van der Waals surface area contributed by atoms with Gasteiger partial charge in [0, 0.05) is 19.1 Å². The van der Waals surface area contributed by atoms with Gasteiger partial charge in [0.15, 0.2) is 0 Å². The van der Waals surface area contributed by atoms with Crippen molar-refractivity contribution >= 4 is 34.3 Å². The van der Waals surface area contributed by atoms with Crippen LogP contribution in [0.15, 0.2) is 24.3 Å². The number of fused-ring (bicyclic) bond motifs is 1. The van der Waals surface area contributed by atoms with Gasteiger partial charge in [-0.05, 0) is 31.5 Å². The minimum Gasteiger partial charge on any atom is -0.459 e. The summed E-state index contributed by atoms with van der Waals surface area (Å²) in [7, 11) is -1.58. The van der Waals surface area contributed by atoms with E-state index in [1.54, 1.807) is 13.8 Å². The largest absolute Gasteiger partial charge is 0.459 e. The molecule has 0 aromatic heterocycles. The Labute approximate surface area is 162 Å². The Morgan fingerprint density at radius 1 is 1.32 bits per heavy atom. The Balaban J connectivity index is 1.72. The third-order valence-electron chi connectivity index (χ3n) is 4.86. The van der Waals surface area contributed by atoms with E-state index in [1.807, 2.05) is 0 Å². The third-order valence-corrected chi connectivity index (χ3v) is 7.06. The minimum atomic E-state index is -1.58. The van der Waals surface area contributed by atoms with Crippen LogP contribution in [0.5, 0.6) is 0 Å². The number of non-ortho nitro benzene ring substituents is 1. The van der Waals surface area contributed by atoms with Gasteiger partial charge in [-0.3, -0.25) is 23.9 Å². The number of nitro groups is 1. The number of benzene rings is 1. The predicted molar refractivity (Wildman–Crippen MR) is 97.1 cm³/mol. The van der Waals surface area contributed by atoms with Gasteiger partial charge in [0.1, 0.15) is 24.1 Å². The van der Waals surface area contributed by atoms with Crippen molar-refractivity contribution < 1.29 is 28.3 Å². The Bertz CT molecular complexity index is 883. The highest BCUT2D eigenvalue weighted by Crippen LogP contribution is 2.43. The van der Waals surface area contributed by atoms with E-state index in [0.29, 0.717) is 5.56 Å². The maximum Gasteiger partial charge on any atom is 0.330 e. The van der Waals surface area contributed by atoms with E-state index in [0.717, 1.165) is 0 Å². The van der Waals surface area contributed by atoms with Crippen LogP contribution in [-0.4, -0.2) is 54.0 Å². The van der Waals surface area contributed by atoms with Crippen LogP contribution in [0.1, 0.15) is 26.3 Å². The van der Waals surface area contributed by atoms with E-state index in [1.165, 1.54) is 36.1 Å². The summed E-state index contributed by atoms with van der Waals surface area (Å²) in [5.74, 6) is -1.61. The molecule has 3 unspecified atom stereocenters. The molecule has 0 bridgehead atoms. The van der Waals surface area contributed by atoms with Crippen molar-refractivity contribution in [2.75, 3.05) is 0 Å². The number of nitrogens with zero attached hydrogens (tertiary/aromatic N) is 2. The lowest BCUT2D eigenvalue weighted by atomic mass is 9.96. The van der Waals surface area contributed by atoms with Gasteiger partial charge in [-0.15, -0.1) is 0 Å². The van der Waals surface area contributed by atoms with Gasteiger partial charge >= 0.3 is 5.97 Å². The molecule has 0 aliphatic carbocycles. The number of β-lactam (4-membered cyclic amide) rings is 1. The Kier molecular flexibility index (Phi) is 4.96. The monoisotopic (exact) mass is 409 g/mol. The molecular formula is C17H19N3O7S. The molecule has 1 N–H and O–H groups in total. The highest BCUT2D eigenvalue weighted by atomic mass is 32.2. The summed E-state index contributed by atoms with van der Waals surface area (Å²) in [4.78, 5) is 47.7. The second-order valence-electron chi connectivity index (χ2n) is 7.15. The summed E-state index contributed by atoms with van der Waals surface area (Å²) in [5.41, 5.74) is 0.457. The first-order valence-corrected chi connectivity index (χ1v) is 9.67. The van der Waals surface area contributed by atoms with Crippen LogP contribution in [0.4, 0.5) is 5.69 Å². The molecule has 0 saturated carbocycles. The molecule has 28 heavy (non-hydrogen) atoms. The first kappa shape index (κ1) is 19.9. The molecule has 2 saturated heterocycles. The van der Waals surface area contributed by atoms with Crippen LogP contribution >= 0.6 is 0 Å². The minimum absolute atomic E-state index is 0.0829. The van der Waals surface area contributed by atoms with E-state index in [9.17, 15) is 28.7 Å². The number of esters is 1. The number of amides is 2. The molecule has 4 atom stereocenters. The lowest BCUT2D eigenvalue weighted by Crippen LogP contribution is -2.71. The summed E-state index contributed by atoms with van der Waals surface area (Å²) in [5, 5.41) is 12.4. The molecule has 2 aliphatic heterocycles. The lowest BCUT2D eigenvalue weighted by Gasteiger charge is -2.43. The maximum atomic E-state index is 12.8. The van der Waals surface area contributed by atoms with Crippen LogP contribution < -0.4 is 5.32 Å². The lowest BCUT2D eigenvalue weighted by molar-refractivity contribution is -0.384. The number of carbonyl (C=O) groups is 3. The Morgan fingerprint density at radius 3 is 2.46 bits per heavy atom. The zero-order chi connectivity index (χ0) is 20.8. The number of rotatable bonds is 5. The average Bonchev–Trinajstić information content (AvgIpc) is 2.82. The van der Waals surface area contributed by atoms with Crippen molar-refractivity contribution in [2.24, 2.45) is 0 Å². The van der Waals surface area contributed by atoms with Crippen LogP contribution in [0.2, 0.25) is 0 Å². The van der Waals surface area contributed by atoms with Crippen molar-refractivity contribution in [3.63, 3.8) is 0 Å². The van der Waals surface area contributed by atoms with E-state index in [4.69, 9.17) is 4.74 Å². The fourth-order valence-corrected chi connectivity index (χ4v) is 5.36. The van der Waals surface area contributed by atoms with Gasteiger partial charge in [-0.2, -0.15) is 0 Å². The first-order valence-electron chi connectivity index (χ1n) is 8.45. The molecule has 10 nitrogen and oxygen atoms in total. The standard InChI is InChI=1S/C17H19N3O7S/c1-9(21)18-12-14(22)19-13(17(2,3)28(26)15(12)19)16(23)27-8-10-4-6-11(7-5-10)20(24)25/h4-7,12-13,15H,8H2,1-3H3,(H,18,21)/t12?,13?,15-,28?/m1/s1. The quantitative estimate of drug-likeness (QED) is 0.318. The average molecular weight is 409 g/mol. The number of hydrogen-bond acceptors (Lipinski definition) is 7. The summed E-state index contributed by atoms with van der Waals surface area (Å²) in [6.07, 6.45) is 0. The van der Waals surface area contributed by atoms with Gasteiger partial charge in [-0.25, -0.2) is 4.79 Å². The number of hydrogen-bond donors (Lipinski definition) is 1. The topological polar surface area (TPSA) is 136 Å². The fraction of sp³-hybridized carbons (Fsp3) is 0.471. The predicted octanol–water partition coefficient (Wildman–Crippen LogP) is 0.221. The SMILES string of the molecule is CC(=O)NC1C(=O)N2C(C(=O)OCc3ccc([N+](=O)[O-])cc3)C(C)(C)S(=O)[C@H]12. The number of nitro benzene ring substituents is 1. The zero-order valence-electron chi connectivity index (χ0n) is 15.4. The van der Waals surface area contributed by atoms with Crippen molar-refractivity contribution in [1.29, 1.82) is 0 Å². The highest BCUT2D eigenvalue weighted by Gasteiger charge is 2.68. The Hall–Kier alpha value is -2.82. The molecule has 3 rings (SSSR count). The normalized spacial score (nSPS) is 27.5. The number of nitrogens with one attached hydrogen (secondary N) is 1. The van der Waals surface area contributed by atoms with Gasteiger partial charge in [0.05, 0.1) is 20.5 Å². The molecule has 1 aromatic carbocycles. The molecule has 11 heteroatoms. The summed E-state index contributed by atoms with van der Waals surface area (Å²) < 4.78 is 17.0. The van der Waals surface area contributed by atoms with E-state index < -0.39 is 55.7 Å². The van der Waals surface area contributed by atoms with E-state index in [2.05, 4.69) is 5.32 Å². The summed E-state index contributed by atoms with van der Waals surface area (Å²) in [6.45, 7) is 4.33. The molecule has 150 valence electrons. The second-order valence-corrected chi connectivity index (χ2v) is 9.28. The molecule has 2 aliphatic rings. The van der Waals surface area contributed by atoms with Gasteiger partial charge in [0.2, 0.25) is 11.8 Å². The molecule has 2 fully saturated rings.